The number of hydrogen-bond acceptors (Lipinski definition) is 6. The van der Waals surface area contributed by atoms with Crippen molar-refractivity contribution in [2.45, 2.75) is 167 Å². The molecular weight excluding hydrogens is 596 g/mol. The van der Waals surface area contributed by atoms with Crippen molar-refractivity contribution < 1.29 is 34.1 Å². The molecule has 0 saturated carbocycles. The number of carboxylic acid groups (broad SMARTS) is 1. The van der Waals surface area contributed by atoms with Gasteiger partial charge in [-0.25, -0.2) is 4.79 Å². The van der Waals surface area contributed by atoms with Crippen molar-refractivity contribution in [1.82, 2.24) is 10.6 Å². The summed E-state index contributed by atoms with van der Waals surface area (Å²) in [5, 5.41) is 22.4. The number of nitrogens with one attached hydrogen (secondary N) is 2. The molecule has 9 heteroatoms. The van der Waals surface area contributed by atoms with Crippen molar-refractivity contribution in [2.75, 3.05) is 13.2 Å². The zero-order valence-electron chi connectivity index (χ0n) is 29.5. The van der Waals surface area contributed by atoms with E-state index in [2.05, 4.69) is 54.9 Å². The van der Waals surface area contributed by atoms with Crippen LogP contribution in [0.2, 0.25) is 0 Å². The maximum Gasteiger partial charge on any atom is 0.328 e. The number of carbonyl (C=O) groups excluding carboxylic acids is 3. The molecule has 0 saturated heterocycles. The van der Waals surface area contributed by atoms with Gasteiger partial charge in [0.25, 0.3) is 0 Å². The fourth-order valence-electron chi connectivity index (χ4n) is 4.94. The Kier molecular flexibility index (Phi) is 30.9. The molecule has 0 heterocycles. The first-order valence-electron chi connectivity index (χ1n) is 18.4. The van der Waals surface area contributed by atoms with Gasteiger partial charge in [0.15, 0.2) is 0 Å². The minimum absolute atomic E-state index is 0.140. The number of carbonyl (C=O) groups is 4. The second-order valence-corrected chi connectivity index (χ2v) is 12.3. The summed E-state index contributed by atoms with van der Waals surface area (Å²) in [4.78, 5) is 47.3. The molecule has 4 N–H and O–H groups in total. The summed E-state index contributed by atoms with van der Waals surface area (Å²) in [6.45, 7) is 3.35. The van der Waals surface area contributed by atoms with Crippen LogP contribution in [0.15, 0.2) is 36.5 Å². The molecule has 0 spiro atoms. The minimum atomic E-state index is -1.39. The number of aliphatic carboxylic acids is 1. The van der Waals surface area contributed by atoms with Crippen molar-refractivity contribution in [3.63, 3.8) is 0 Å². The number of unbranched alkanes of at least 4 members (excludes halogenated alkanes) is 14. The van der Waals surface area contributed by atoms with E-state index >= 15 is 0 Å². The van der Waals surface area contributed by atoms with Crippen LogP contribution in [0.1, 0.15) is 155 Å². The van der Waals surface area contributed by atoms with Gasteiger partial charge in [0, 0.05) is 12.8 Å². The van der Waals surface area contributed by atoms with E-state index in [0.29, 0.717) is 12.8 Å². The second-order valence-electron chi connectivity index (χ2n) is 12.3. The smallest absolute Gasteiger partial charge is 0.328 e. The van der Waals surface area contributed by atoms with Crippen molar-refractivity contribution in [1.29, 1.82) is 0 Å². The van der Waals surface area contributed by atoms with Crippen LogP contribution in [0.3, 0.4) is 0 Å². The first-order chi connectivity index (χ1) is 22.8. The molecule has 0 aliphatic carbocycles. The maximum absolute atomic E-state index is 12.6. The summed E-state index contributed by atoms with van der Waals surface area (Å²) in [6.07, 6.45) is 34.8. The number of ether oxygens (including phenoxy) is 1. The number of carboxylic acids is 1. The quantitative estimate of drug-likeness (QED) is 0.0326. The van der Waals surface area contributed by atoms with Crippen molar-refractivity contribution in [3.05, 3.63) is 36.5 Å². The largest absolute Gasteiger partial charge is 0.480 e. The Bertz CT molecular complexity index is 900. The molecule has 0 fully saturated rings. The average molecular weight is 663 g/mol. The molecule has 0 aromatic heterocycles. The molecule has 0 aliphatic heterocycles. The van der Waals surface area contributed by atoms with E-state index < -0.39 is 24.5 Å². The third-order valence-corrected chi connectivity index (χ3v) is 7.84. The lowest BCUT2D eigenvalue weighted by Gasteiger charge is -2.15. The predicted octanol–water partition coefficient (Wildman–Crippen LogP) is 7.87. The summed E-state index contributed by atoms with van der Waals surface area (Å²) in [5.41, 5.74) is 0. The SMILES string of the molecule is CCCC/C=C\C/C=C\C(CCCCCCC(=O)NCC(=O)NC(CO)C(=O)O)OC(=O)CCCCCCC/C=C\CCCCCC. The van der Waals surface area contributed by atoms with Gasteiger partial charge < -0.3 is 25.6 Å². The molecular formula is C38H66N2O7. The Morgan fingerprint density at radius 1 is 0.660 bits per heavy atom. The monoisotopic (exact) mass is 662 g/mol. The fourth-order valence-corrected chi connectivity index (χ4v) is 4.94. The first kappa shape index (κ1) is 44.1. The van der Waals surface area contributed by atoms with Gasteiger partial charge in [-0.1, -0.05) is 108 Å². The van der Waals surface area contributed by atoms with E-state index in [9.17, 15) is 19.2 Å². The van der Waals surface area contributed by atoms with E-state index in [1.807, 2.05) is 6.08 Å². The number of aliphatic hydroxyl groups is 1. The molecule has 0 aromatic rings. The lowest BCUT2D eigenvalue weighted by Crippen LogP contribution is -2.47. The summed E-state index contributed by atoms with van der Waals surface area (Å²) in [6, 6.07) is -1.39. The third kappa shape index (κ3) is 30.2. The first-order valence-corrected chi connectivity index (χ1v) is 18.4. The Hall–Kier alpha value is -2.94. The number of amides is 2. The fraction of sp³-hybridized carbons (Fsp3) is 0.737. The Labute approximate surface area is 285 Å². The van der Waals surface area contributed by atoms with Gasteiger partial charge in [0.1, 0.15) is 12.1 Å². The molecule has 9 nitrogen and oxygen atoms in total. The predicted molar refractivity (Wildman–Crippen MR) is 190 cm³/mol. The van der Waals surface area contributed by atoms with Crippen molar-refractivity contribution >= 4 is 23.8 Å². The molecule has 2 amide bonds. The normalized spacial score (nSPS) is 12.9. The number of aliphatic hydroxyl groups excluding tert-OH is 1. The summed E-state index contributed by atoms with van der Waals surface area (Å²) in [7, 11) is 0. The number of hydrogen-bond donors (Lipinski definition) is 4. The van der Waals surface area contributed by atoms with Crippen LogP contribution in [0.5, 0.6) is 0 Å². The van der Waals surface area contributed by atoms with Gasteiger partial charge in [-0.05, 0) is 70.3 Å². The topological polar surface area (TPSA) is 142 Å². The van der Waals surface area contributed by atoms with Crippen LogP contribution in [-0.2, 0) is 23.9 Å². The summed E-state index contributed by atoms with van der Waals surface area (Å²) < 4.78 is 5.84. The zero-order valence-corrected chi connectivity index (χ0v) is 29.5. The van der Waals surface area contributed by atoms with Crippen molar-refractivity contribution in [2.24, 2.45) is 0 Å². The van der Waals surface area contributed by atoms with Crippen LogP contribution in [0.25, 0.3) is 0 Å². The van der Waals surface area contributed by atoms with Gasteiger partial charge in [-0.3, -0.25) is 14.4 Å². The maximum atomic E-state index is 12.6. The van der Waals surface area contributed by atoms with Crippen LogP contribution in [0.4, 0.5) is 0 Å². The number of allylic oxidation sites excluding steroid dienone is 5. The Morgan fingerprint density at radius 3 is 1.89 bits per heavy atom. The second kappa shape index (κ2) is 33.0. The summed E-state index contributed by atoms with van der Waals surface area (Å²) in [5.74, 6) is -2.44. The van der Waals surface area contributed by atoms with Crippen LogP contribution >= 0.6 is 0 Å². The number of rotatable bonds is 32. The minimum Gasteiger partial charge on any atom is -0.480 e. The highest BCUT2D eigenvalue weighted by Gasteiger charge is 2.18. The highest BCUT2D eigenvalue weighted by Crippen LogP contribution is 2.14. The average Bonchev–Trinajstić information content (AvgIpc) is 3.05. The molecule has 270 valence electrons. The molecule has 0 bridgehead atoms. The van der Waals surface area contributed by atoms with Gasteiger partial charge in [0.05, 0.1) is 13.2 Å². The van der Waals surface area contributed by atoms with Gasteiger partial charge >= 0.3 is 11.9 Å². The molecule has 2 unspecified atom stereocenters. The summed E-state index contributed by atoms with van der Waals surface area (Å²) >= 11 is 0. The van der Waals surface area contributed by atoms with Gasteiger partial charge in [-0.15, -0.1) is 0 Å². The van der Waals surface area contributed by atoms with E-state index in [0.717, 1.165) is 64.2 Å². The van der Waals surface area contributed by atoms with E-state index in [4.69, 9.17) is 14.9 Å². The van der Waals surface area contributed by atoms with Gasteiger partial charge in [0.2, 0.25) is 11.8 Å². The zero-order chi connectivity index (χ0) is 34.8. The molecule has 0 aromatic carbocycles. The van der Waals surface area contributed by atoms with E-state index in [-0.39, 0.29) is 30.9 Å². The van der Waals surface area contributed by atoms with E-state index in [1.165, 1.54) is 57.8 Å². The van der Waals surface area contributed by atoms with E-state index in [1.54, 1.807) is 0 Å². The molecule has 47 heavy (non-hydrogen) atoms. The van der Waals surface area contributed by atoms with Gasteiger partial charge in [-0.2, -0.15) is 0 Å². The molecule has 0 aliphatic rings. The molecule has 0 rings (SSSR count). The van der Waals surface area contributed by atoms with Crippen LogP contribution < -0.4 is 10.6 Å². The Morgan fingerprint density at radius 2 is 1.23 bits per heavy atom. The van der Waals surface area contributed by atoms with Crippen molar-refractivity contribution in [3.8, 4) is 0 Å². The lowest BCUT2D eigenvalue weighted by atomic mass is 10.1. The molecule has 2 atom stereocenters. The van der Waals surface area contributed by atoms with Crippen LogP contribution in [0, 0.1) is 0 Å². The Balaban J connectivity index is 4.32. The molecule has 0 radical (unpaired) electrons. The number of esters is 1. The third-order valence-electron chi connectivity index (χ3n) is 7.84. The van der Waals surface area contributed by atoms with Crippen LogP contribution in [-0.4, -0.2) is 59.3 Å². The highest BCUT2D eigenvalue weighted by atomic mass is 16.5. The standard InChI is InChI=1S/C38H66N2O7/c1-3-5-7-9-11-12-13-14-15-16-18-20-26-30-37(44)47-33(27-23-19-17-10-8-6-4-2)28-24-21-22-25-29-35(42)39-31-36(43)40-34(32-41)38(45)46/h10,12-13,17,23,27,33-34,41H,3-9,11,14-16,18-22,24-26,28-32H2,1-2H3,(H,39,42)(H,40,43)(H,45,46)/b13-12-,17-10-,27-23-. The highest BCUT2D eigenvalue weighted by molar-refractivity contribution is 5.87. The lowest BCUT2D eigenvalue weighted by molar-refractivity contribution is -0.147.